The Bertz CT molecular complexity index is 1010. The van der Waals surface area contributed by atoms with Gasteiger partial charge in [-0.15, -0.1) is 0 Å². The number of benzene rings is 2. The van der Waals surface area contributed by atoms with Crippen molar-refractivity contribution in [3.8, 4) is 11.5 Å². The van der Waals surface area contributed by atoms with E-state index in [9.17, 15) is 18.0 Å². The number of carbonyl (C=O) groups excluding carboxylic acids is 2. The molecule has 10 heteroatoms. The van der Waals surface area contributed by atoms with Gasteiger partial charge in [-0.3, -0.25) is 13.9 Å². The molecule has 2 aromatic rings. The summed E-state index contributed by atoms with van der Waals surface area (Å²) in [5, 5.41) is 5.24. The van der Waals surface area contributed by atoms with Crippen LogP contribution in [0.3, 0.4) is 0 Å². The number of sulfonamides is 1. The van der Waals surface area contributed by atoms with Gasteiger partial charge >= 0.3 is 0 Å². The molecular formula is C19H23N3O6S. The third kappa shape index (κ3) is 6.11. The molecule has 0 saturated carbocycles. The van der Waals surface area contributed by atoms with Crippen LogP contribution in [0.15, 0.2) is 42.5 Å². The Hall–Kier alpha value is -3.27. The first kappa shape index (κ1) is 22.0. The summed E-state index contributed by atoms with van der Waals surface area (Å²) in [5.41, 5.74) is 1.18. The van der Waals surface area contributed by atoms with Gasteiger partial charge in [0.2, 0.25) is 21.8 Å². The van der Waals surface area contributed by atoms with Gasteiger partial charge in [0.15, 0.2) is 11.5 Å². The first-order valence-electron chi connectivity index (χ1n) is 8.51. The van der Waals surface area contributed by atoms with Crippen molar-refractivity contribution in [1.29, 1.82) is 0 Å². The quantitative estimate of drug-likeness (QED) is 0.674. The predicted octanol–water partition coefficient (Wildman–Crippen LogP) is 2.07. The first-order valence-corrected chi connectivity index (χ1v) is 10.4. The fourth-order valence-electron chi connectivity index (χ4n) is 2.59. The van der Waals surface area contributed by atoms with E-state index < -0.39 is 22.5 Å². The summed E-state index contributed by atoms with van der Waals surface area (Å²) in [4.78, 5) is 23.7. The zero-order valence-corrected chi connectivity index (χ0v) is 17.4. The molecule has 2 amide bonds. The molecule has 0 aliphatic heterocycles. The third-order valence-electron chi connectivity index (χ3n) is 3.81. The molecule has 2 aromatic carbocycles. The van der Waals surface area contributed by atoms with Crippen LogP contribution in [0, 0.1) is 0 Å². The molecule has 0 saturated heterocycles. The van der Waals surface area contributed by atoms with Crippen LogP contribution in [0.2, 0.25) is 0 Å². The van der Waals surface area contributed by atoms with Gasteiger partial charge in [-0.2, -0.15) is 0 Å². The average Bonchev–Trinajstić information content (AvgIpc) is 2.64. The lowest BCUT2D eigenvalue weighted by Gasteiger charge is -2.23. The summed E-state index contributed by atoms with van der Waals surface area (Å²) in [6.07, 6.45) is 1.01. The maximum Gasteiger partial charge on any atom is 0.245 e. The Balaban J connectivity index is 2.23. The number of ether oxygens (including phenoxy) is 2. The van der Waals surface area contributed by atoms with Crippen molar-refractivity contribution in [3.63, 3.8) is 0 Å². The Labute approximate surface area is 169 Å². The molecule has 0 aliphatic carbocycles. The number of carbonyl (C=O) groups is 2. The molecule has 0 spiro atoms. The first-order chi connectivity index (χ1) is 13.6. The maximum absolute atomic E-state index is 12.5. The summed E-state index contributed by atoms with van der Waals surface area (Å²) < 4.78 is 35.9. The van der Waals surface area contributed by atoms with Crippen LogP contribution in [0.25, 0.3) is 0 Å². The normalized spacial score (nSPS) is 10.8. The van der Waals surface area contributed by atoms with Crippen molar-refractivity contribution in [3.05, 3.63) is 42.5 Å². The molecule has 0 bridgehead atoms. The van der Waals surface area contributed by atoms with Gasteiger partial charge in [0.1, 0.15) is 6.54 Å². The van der Waals surface area contributed by atoms with E-state index in [0.29, 0.717) is 22.9 Å². The molecule has 156 valence electrons. The molecule has 29 heavy (non-hydrogen) atoms. The summed E-state index contributed by atoms with van der Waals surface area (Å²) >= 11 is 0. The number of hydrogen-bond acceptors (Lipinski definition) is 6. The second-order valence-electron chi connectivity index (χ2n) is 6.12. The molecule has 0 atom stereocenters. The lowest BCUT2D eigenvalue weighted by atomic mass is 10.2. The second kappa shape index (κ2) is 9.28. The minimum absolute atomic E-state index is 0.245. The number of hydrogen-bond donors (Lipinski definition) is 2. The minimum Gasteiger partial charge on any atom is -0.493 e. The zero-order chi connectivity index (χ0) is 21.6. The van der Waals surface area contributed by atoms with Crippen LogP contribution in [0.5, 0.6) is 11.5 Å². The van der Waals surface area contributed by atoms with E-state index in [4.69, 9.17) is 9.47 Å². The number of nitrogens with one attached hydrogen (secondary N) is 2. The highest BCUT2D eigenvalue weighted by Crippen LogP contribution is 2.32. The largest absolute Gasteiger partial charge is 0.493 e. The molecule has 0 radical (unpaired) electrons. The molecule has 0 heterocycles. The van der Waals surface area contributed by atoms with Gasteiger partial charge in [-0.1, -0.05) is 6.07 Å². The van der Waals surface area contributed by atoms with Crippen LogP contribution in [-0.4, -0.2) is 47.3 Å². The number of amides is 2. The highest BCUT2D eigenvalue weighted by Gasteiger charge is 2.22. The van der Waals surface area contributed by atoms with Crippen molar-refractivity contribution >= 4 is 38.9 Å². The standard InChI is InChI=1S/C19H23N3O6S/c1-13(23)20-14-6-5-7-15(10-14)21-19(24)12-22(29(4,25)26)16-8-9-17(27-2)18(11-16)28-3/h5-11H,12H2,1-4H3,(H,20,23)(H,21,24). The Morgan fingerprint density at radius 1 is 0.966 bits per heavy atom. The molecule has 0 aromatic heterocycles. The van der Waals surface area contributed by atoms with Crippen LogP contribution in [0.1, 0.15) is 6.92 Å². The van der Waals surface area contributed by atoms with Crippen LogP contribution >= 0.6 is 0 Å². The van der Waals surface area contributed by atoms with E-state index in [1.54, 1.807) is 30.3 Å². The van der Waals surface area contributed by atoms with Gasteiger partial charge < -0.3 is 20.1 Å². The summed E-state index contributed by atoms with van der Waals surface area (Å²) in [6, 6.07) is 11.1. The monoisotopic (exact) mass is 421 g/mol. The molecule has 0 aliphatic rings. The van der Waals surface area contributed by atoms with Gasteiger partial charge in [0.05, 0.1) is 26.2 Å². The van der Waals surface area contributed by atoms with E-state index in [-0.39, 0.29) is 11.6 Å². The second-order valence-corrected chi connectivity index (χ2v) is 8.03. The minimum atomic E-state index is -3.75. The highest BCUT2D eigenvalue weighted by atomic mass is 32.2. The lowest BCUT2D eigenvalue weighted by molar-refractivity contribution is -0.115. The van der Waals surface area contributed by atoms with E-state index in [1.165, 1.54) is 33.3 Å². The lowest BCUT2D eigenvalue weighted by Crippen LogP contribution is -2.37. The topological polar surface area (TPSA) is 114 Å². The number of methoxy groups -OCH3 is 2. The summed E-state index contributed by atoms with van der Waals surface area (Å²) in [6.45, 7) is 0.928. The van der Waals surface area contributed by atoms with Crippen molar-refractivity contribution in [2.45, 2.75) is 6.92 Å². The summed E-state index contributed by atoms with van der Waals surface area (Å²) in [5.74, 6) is -0.0265. The Morgan fingerprint density at radius 3 is 2.14 bits per heavy atom. The van der Waals surface area contributed by atoms with Gasteiger partial charge in [-0.25, -0.2) is 8.42 Å². The molecule has 0 unspecified atom stereocenters. The number of nitrogens with zero attached hydrogens (tertiary/aromatic N) is 1. The van der Waals surface area contributed by atoms with Crippen molar-refractivity contribution in [1.82, 2.24) is 0 Å². The number of rotatable bonds is 8. The van der Waals surface area contributed by atoms with E-state index in [0.717, 1.165) is 10.6 Å². The predicted molar refractivity (Wildman–Crippen MR) is 111 cm³/mol. The van der Waals surface area contributed by atoms with Gasteiger partial charge in [0, 0.05) is 24.4 Å². The van der Waals surface area contributed by atoms with Gasteiger partial charge in [-0.05, 0) is 30.3 Å². The SMILES string of the molecule is COc1ccc(N(CC(=O)Nc2cccc(NC(C)=O)c2)S(C)(=O)=O)cc1OC. The van der Waals surface area contributed by atoms with Crippen molar-refractivity contribution in [2.24, 2.45) is 0 Å². The fourth-order valence-corrected chi connectivity index (χ4v) is 3.44. The highest BCUT2D eigenvalue weighted by molar-refractivity contribution is 7.92. The molecule has 9 nitrogen and oxygen atoms in total. The smallest absolute Gasteiger partial charge is 0.245 e. The summed E-state index contributed by atoms with van der Waals surface area (Å²) in [7, 11) is -0.856. The Morgan fingerprint density at radius 2 is 1.59 bits per heavy atom. The maximum atomic E-state index is 12.5. The third-order valence-corrected chi connectivity index (χ3v) is 4.95. The molecule has 0 fully saturated rings. The van der Waals surface area contributed by atoms with Gasteiger partial charge in [0.25, 0.3) is 0 Å². The molecule has 2 rings (SSSR count). The van der Waals surface area contributed by atoms with Crippen LogP contribution < -0.4 is 24.4 Å². The molecular weight excluding hydrogens is 398 g/mol. The average molecular weight is 421 g/mol. The molecule has 2 N–H and O–H groups in total. The van der Waals surface area contributed by atoms with Crippen molar-refractivity contribution in [2.75, 3.05) is 42.0 Å². The van der Waals surface area contributed by atoms with Crippen LogP contribution in [-0.2, 0) is 19.6 Å². The Kier molecular flexibility index (Phi) is 7.05. The fraction of sp³-hybridized carbons (Fsp3) is 0.263. The van der Waals surface area contributed by atoms with Crippen LogP contribution in [0.4, 0.5) is 17.1 Å². The van der Waals surface area contributed by atoms with Crippen molar-refractivity contribution < 1.29 is 27.5 Å². The number of anilines is 3. The zero-order valence-electron chi connectivity index (χ0n) is 16.6. The van der Waals surface area contributed by atoms with E-state index >= 15 is 0 Å². The van der Waals surface area contributed by atoms with E-state index in [1.807, 2.05) is 0 Å². The van der Waals surface area contributed by atoms with E-state index in [2.05, 4.69) is 10.6 Å².